The summed E-state index contributed by atoms with van der Waals surface area (Å²) in [6.07, 6.45) is 5.65. The minimum atomic E-state index is 0. The lowest BCUT2D eigenvalue weighted by molar-refractivity contribution is 0.172. The van der Waals surface area contributed by atoms with Gasteiger partial charge in [0.15, 0.2) is 5.96 Å². The molecule has 2 N–H and O–H groups in total. The second-order valence-corrected chi connectivity index (χ2v) is 6.73. The van der Waals surface area contributed by atoms with E-state index in [1.54, 1.807) is 14.2 Å². The lowest BCUT2D eigenvalue weighted by Crippen LogP contribution is -2.32. The van der Waals surface area contributed by atoms with Crippen LogP contribution in [0.25, 0.3) is 5.69 Å². The monoisotopic (exact) mass is 535 g/mol. The van der Waals surface area contributed by atoms with Gasteiger partial charge in [-0.05, 0) is 36.2 Å². The average molecular weight is 535 g/mol. The van der Waals surface area contributed by atoms with Crippen LogP contribution in [-0.4, -0.2) is 49.7 Å². The van der Waals surface area contributed by atoms with Crippen molar-refractivity contribution in [3.8, 4) is 11.4 Å². The molecule has 0 aliphatic heterocycles. The highest BCUT2D eigenvalue weighted by atomic mass is 127. The molecule has 0 aliphatic carbocycles. The quantitative estimate of drug-likeness (QED) is 0.177. The third kappa shape index (κ3) is 8.22. The lowest BCUT2D eigenvalue weighted by atomic mass is 10.2. The Bertz CT molecular complexity index is 930. The summed E-state index contributed by atoms with van der Waals surface area (Å²) in [6.45, 7) is 2.06. The number of guanidine groups is 1. The molecule has 0 atom stereocenters. The highest BCUT2D eigenvalue weighted by Gasteiger charge is 2.04. The van der Waals surface area contributed by atoms with Crippen molar-refractivity contribution in [3.05, 3.63) is 72.6 Å². The van der Waals surface area contributed by atoms with Crippen molar-refractivity contribution in [3.63, 3.8) is 0 Å². The van der Waals surface area contributed by atoms with Crippen LogP contribution in [0, 0.1) is 0 Å². The van der Waals surface area contributed by atoms with Crippen molar-refractivity contribution in [1.29, 1.82) is 0 Å². The first-order valence-electron chi connectivity index (χ1n) is 10.1. The molecule has 166 valence electrons. The van der Waals surface area contributed by atoms with Gasteiger partial charge in [0.25, 0.3) is 0 Å². The topological polar surface area (TPSA) is 72.7 Å². The van der Waals surface area contributed by atoms with E-state index in [1.165, 1.54) is 0 Å². The largest absolute Gasteiger partial charge is 0.493 e. The number of anilines is 1. The molecule has 0 spiro atoms. The molecule has 31 heavy (non-hydrogen) atoms. The number of rotatable bonds is 10. The van der Waals surface area contributed by atoms with E-state index in [-0.39, 0.29) is 24.0 Å². The molecule has 3 rings (SSSR count). The summed E-state index contributed by atoms with van der Waals surface area (Å²) in [7, 11) is 3.45. The van der Waals surface area contributed by atoms with Crippen LogP contribution in [0.5, 0.6) is 5.75 Å². The fraction of sp³-hybridized carbons (Fsp3) is 0.304. The molecule has 1 aromatic heterocycles. The summed E-state index contributed by atoms with van der Waals surface area (Å²) < 4.78 is 12.7. The molecule has 0 aliphatic rings. The Morgan fingerprint density at radius 2 is 1.94 bits per heavy atom. The summed E-state index contributed by atoms with van der Waals surface area (Å²) in [5, 5.41) is 11.1. The first kappa shape index (κ1) is 24.7. The maximum atomic E-state index is 5.75. The highest BCUT2D eigenvalue weighted by Crippen LogP contribution is 2.17. The van der Waals surface area contributed by atoms with E-state index in [2.05, 4.69) is 26.9 Å². The van der Waals surface area contributed by atoms with Crippen LogP contribution in [0.2, 0.25) is 0 Å². The number of para-hydroxylation sites is 1. The van der Waals surface area contributed by atoms with E-state index in [0.717, 1.165) is 42.1 Å². The smallest absolute Gasteiger partial charge is 0.195 e. The molecular formula is C23H30IN5O2. The Kier molecular flexibility index (Phi) is 10.9. The lowest BCUT2D eigenvalue weighted by Gasteiger charge is -2.13. The van der Waals surface area contributed by atoms with Gasteiger partial charge in [-0.3, -0.25) is 4.99 Å². The zero-order chi connectivity index (χ0) is 21.0. The van der Waals surface area contributed by atoms with Crippen LogP contribution in [0.15, 0.2) is 72.0 Å². The fourth-order valence-corrected chi connectivity index (χ4v) is 2.91. The maximum absolute atomic E-state index is 5.75. The summed E-state index contributed by atoms with van der Waals surface area (Å²) in [5.41, 5.74) is 3.14. The SMILES string of the molecule is CN=C(NCCc1cnn(-c2ccccc2)c1)Nc1cccc(OCCCOC)c1.I. The van der Waals surface area contributed by atoms with Crippen molar-refractivity contribution >= 4 is 35.6 Å². The van der Waals surface area contributed by atoms with Crippen molar-refractivity contribution in [2.75, 3.05) is 39.2 Å². The average Bonchev–Trinajstić information content (AvgIpc) is 3.26. The predicted octanol–water partition coefficient (Wildman–Crippen LogP) is 4.14. The number of nitrogens with zero attached hydrogens (tertiary/aromatic N) is 3. The maximum Gasteiger partial charge on any atom is 0.195 e. The van der Waals surface area contributed by atoms with Crippen molar-refractivity contribution in [1.82, 2.24) is 15.1 Å². The first-order valence-corrected chi connectivity index (χ1v) is 10.1. The molecule has 0 saturated carbocycles. The minimum absolute atomic E-state index is 0. The zero-order valence-electron chi connectivity index (χ0n) is 18.0. The van der Waals surface area contributed by atoms with Gasteiger partial charge in [0, 0.05) is 51.7 Å². The van der Waals surface area contributed by atoms with E-state index in [4.69, 9.17) is 9.47 Å². The van der Waals surface area contributed by atoms with Gasteiger partial charge in [-0.2, -0.15) is 5.10 Å². The molecule has 0 unspecified atom stereocenters. The van der Waals surface area contributed by atoms with E-state index in [0.29, 0.717) is 19.2 Å². The number of hydrogen-bond donors (Lipinski definition) is 2. The van der Waals surface area contributed by atoms with Gasteiger partial charge in [-0.25, -0.2) is 4.68 Å². The molecule has 2 aromatic carbocycles. The van der Waals surface area contributed by atoms with E-state index >= 15 is 0 Å². The second-order valence-electron chi connectivity index (χ2n) is 6.73. The highest BCUT2D eigenvalue weighted by molar-refractivity contribution is 14.0. The first-order chi connectivity index (χ1) is 14.8. The molecular weight excluding hydrogens is 505 g/mol. The van der Waals surface area contributed by atoms with Crippen molar-refractivity contribution < 1.29 is 9.47 Å². The standard InChI is InChI=1S/C23H29N5O2.HI/c1-24-23(27-20-8-6-11-22(16-20)30-15-7-14-29-2)25-13-12-19-17-26-28(18-19)21-9-4-3-5-10-21;/h3-6,8-11,16-18H,7,12-15H2,1-2H3,(H2,24,25,27);1H. The van der Waals surface area contributed by atoms with Gasteiger partial charge < -0.3 is 20.1 Å². The Morgan fingerprint density at radius 1 is 1.10 bits per heavy atom. The summed E-state index contributed by atoms with van der Waals surface area (Å²) >= 11 is 0. The van der Waals surface area contributed by atoms with Gasteiger partial charge in [-0.1, -0.05) is 24.3 Å². The summed E-state index contributed by atoms with van der Waals surface area (Å²) in [6, 6.07) is 17.9. The van der Waals surface area contributed by atoms with E-state index < -0.39 is 0 Å². The molecule has 7 nitrogen and oxygen atoms in total. The Balaban J connectivity index is 0.00000341. The molecule has 0 saturated heterocycles. The van der Waals surface area contributed by atoms with Gasteiger partial charge >= 0.3 is 0 Å². The van der Waals surface area contributed by atoms with Gasteiger partial charge in [0.1, 0.15) is 5.75 Å². The molecule has 0 radical (unpaired) electrons. The van der Waals surface area contributed by atoms with Crippen LogP contribution in [0.4, 0.5) is 5.69 Å². The Labute approximate surface area is 200 Å². The molecule has 1 heterocycles. The fourth-order valence-electron chi connectivity index (χ4n) is 2.91. The normalized spacial score (nSPS) is 11.0. The van der Waals surface area contributed by atoms with Gasteiger partial charge in [0.2, 0.25) is 0 Å². The number of benzene rings is 2. The third-order valence-electron chi connectivity index (χ3n) is 4.44. The molecule has 8 heteroatoms. The number of ether oxygens (including phenoxy) is 2. The number of aliphatic imine (C=N–C) groups is 1. The Morgan fingerprint density at radius 3 is 2.71 bits per heavy atom. The molecule has 3 aromatic rings. The molecule has 0 bridgehead atoms. The summed E-state index contributed by atoms with van der Waals surface area (Å²) in [5.74, 6) is 1.53. The van der Waals surface area contributed by atoms with E-state index in [9.17, 15) is 0 Å². The van der Waals surface area contributed by atoms with E-state index in [1.807, 2.05) is 65.5 Å². The number of methoxy groups -OCH3 is 1. The number of halogens is 1. The molecule has 0 fully saturated rings. The van der Waals surface area contributed by atoms with Gasteiger partial charge in [0.05, 0.1) is 18.5 Å². The second kappa shape index (κ2) is 13.7. The Hall–Kier alpha value is -2.59. The number of aromatic nitrogens is 2. The van der Waals surface area contributed by atoms with Crippen LogP contribution in [0.1, 0.15) is 12.0 Å². The van der Waals surface area contributed by atoms with Crippen LogP contribution in [0.3, 0.4) is 0 Å². The van der Waals surface area contributed by atoms with Crippen molar-refractivity contribution in [2.45, 2.75) is 12.8 Å². The zero-order valence-corrected chi connectivity index (χ0v) is 20.3. The minimum Gasteiger partial charge on any atom is -0.493 e. The predicted molar refractivity (Wildman–Crippen MR) is 136 cm³/mol. The number of hydrogen-bond acceptors (Lipinski definition) is 4. The number of nitrogens with one attached hydrogen (secondary N) is 2. The van der Waals surface area contributed by atoms with Crippen LogP contribution in [-0.2, 0) is 11.2 Å². The van der Waals surface area contributed by atoms with Gasteiger partial charge in [-0.15, -0.1) is 24.0 Å². The van der Waals surface area contributed by atoms with Crippen LogP contribution >= 0.6 is 24.0 Å². The third-order valence-corrected chi connectivity index (χ3v) is 4.44. The summed E-state index contributed by atoms with van der Waals surface area (Å²) in [4.78, 5) is 4.30. The van der Waals surface area contributed by atoms with Crippen LogP contribution < -0.4 is 15.4 Å². The molecule has 0 amide bonds. The van der Waals surface area contributed by atoms with Crippen molar-refractivity contribution in [2.24, 2.45) is 4.99 Å².